The number of hydrogen-bond donors (Lipinski definition) is 1. The predicted molar refractivity (Wildman–Crippen MR) is 41.1 cm³/mol. The van der Waals surface area contributed by atoms with E-state index in [9.17, 15) is 0 Å². The van der Waals surface area contributed by atoms with Gasteiger partial charge in [-0.3, -0.25) is 0 Å². The number of rotatable bonds is 4. The molecule has 0 spiro atoms. The summed E-state index contributed by atoms with van der Waals surface area (Å²) in [5.41, 5.74) is 0. The van der Waals surface area contributed by atoms with Gasteiger partial charge in [-0.1, -0.05) is 0 Å². The molecule has 1 aromatic heterocycles. The van der Waals surface area contributed by atoms with Crippen LogP contribution in [-0.4, -0.2) is 12.4 Å². The average molecular weight is 160 g/mol. The third-order valence-electron chi connectivity index (χ3n) is 1.15. The molecule has 0 aliphatic carbocycles. The van der Waals surface area contributed by atoms with Crippen molar-refractivity contribution in [3.63, 3.8) is 0 Å². The number of furan rings is 1. The normalized spacial score (nSPS) is 10.1. The Morgan fingerprint density at radius 3 is 3.10 bits per heavy atom. The summed E-state index contributed by atoms with van der Waals surface area (Å²) in [4.78, 5) is 0. The molecule has 56 valence electrons. The minimum Gasteiger partial charge on any atom is -0.468 e. The van der Waals surface area contributed by atoms with Crippen molar-refractivity contribution in [1.29, 1.82) is 0 Å². The van der Waals surface area contributed by atoms with Crippen molar-refractivity contribution in [3.8, 4) is 0 Å². The molecular formula is C7H10ClNO. The first-order valence-electron chi connectivity index (χ1n) is 3.22. The molecule has 0 aromatic carbocycles. The number of alkyl halides is 1. The lowest BCUT2D eigenvalue weighted by Gasteiger charge is -1.96. The lowest BCUT2D eigenvalue weighted by molar-refractivity contribution is 0.488. The molecule has 0 fully saturated rings. The molecule has 2 nitrogen and oxygen atoms in total. The van der Waals surface area contributed by atoms with Crippen molar-refractivity contribution < 1.29 is 4.42 Å². The molecule has 0 bridgehead atoms. The zero-order valence-corrected chi connectivity index (χ0v) is 6.40. The van der Waals surface area contributed by atoms with E-state index >= 15 is 0 Å². The lowest BCUT2D eigenvalue weighted by atomic mass is 10.4. The molecule has 10 heavy (non-hydrogen) atoms. The summed E-state index contributed by atoms with van der Waals surface area (Å²) in [6.45, 7) is 1.59. The van der Waals surface area contributed by atoms with Gasteiger partial charge in [0.1, 0.15) is 5.76 Å². The summed E-state index contributed by atoms with van der Waals surface area (Å²) in [5.74, 6) is 1.59. The second kappa shape index (κ2) is 4.36. The average Bonchev–Trinajstić information content (AvgIpc) is 2.41. The van der Waals surface area contributed by atoms with Crippen LogP contribution >= 0.6 is 11.6 Å². The van der Waals surface area contributed by atoms with Crippen LogP contribution < -0.4 is 5.32 Å². The van der Waals surface area contributed by atoms with Gasteiger partial charge in [0.15, 0.2) is 0 Å². The number of hydrogen-bond acceptors (Lipinski definition) is 2. The van der Waals surface area contributed by atoms with Gasteiger partial charge < -0.3 is 9.73 Å². The van der Waals surface area contributed by atoms with Crippen LogP contribution in [0.2, 0.25) is 0 Å². The maximum atomic E-state index is 5.45. The van der Waals surface area contributed by atoms with Crippen LogP contribution in [0.3, 0.4) is 0 Å². The molecule has 0 saturated heterocycles. The Morgan fingerprint density at radius 2 is 2.50 bits per heavy atom. The molecule has 0 aliphatic heterocycles. The highest BCUT2D eigenvalue weighted by atomic mass is 35.5. The number of halogens is 1. The van der Waals surface area contributed by atoms with E-state index < -0.39 is 0 Å². The summed E-state index contributed by atoms with van der Waals surface area (Å²) < 4.78 is 5.07. The summed E-state index contributed by atoms with van der Waals surface area (Å²) in [6.07, 6.45) is 1.66. The summed E-state index contributed by atoms with van der Waals surface area (Å²) in [7, 11) is 0. The standard InChI is InChI=1S/C7H10ClNO/c8-3-4-9-6-7-2-1-5-10-7/h1-2,5,9H,3-4,6H2. The van der Waals surface area contributed by atoms with Gasteiger partial charge in [0.25, 0.3) is 0 Å². The van der Waals surface area contributed by atoms with Crippen molar-refractivity contribution in [2.24, 2.45) is 0 Å². The van der Waals surface area contributed by atoms with E-state index in [0.717, 1.165) is 18.8 Å². The number of nitrogens with one attached hydrogen (secondary N) is 1. The van der Waals surface area contributed by atoms with Crippen LogP contribution in [0.1, 0.15) is 5.76 Å². The minimum absolute atomic E-state index is 0.640. The SMILES string of the molecule is ClCCNCc1ccco1. The second-order valence-corrected chi connectivity index (χ2v) is 2.32. The lowest BCUT2D eigenvalue weighted by Crippen LogP contribution is -2.14. The van der Waals surface area contributed by atoms with Crippen LogP contribution in [0.15, 0.2) is 22.8 Å². The zero-order chi connectivity index (χ0) is 7.23. The van der Waals surface area contributed by atoms with Gasteiger partial charge in [-0.25, -0.2) is 0 Å². The van der Waals surface area contributed by atoms with Crippen molar-refractivity contribution in [1.82, 2.24) is 5.32 Å². The van der Waals surface area contributed by atoms with Crippen LogP contribution in [0, 0.1) is 0 Å². The Bertz CT molecular complexity index is 162. The molecule has 1 heterocycles. The molecule has 0 unspecified atom stereocenters. The van der Waals surface area contributed by atoms with Crippen molar-refractivity contribution in [3.05, 3.63) is 24.2 Å². The van der Waals surface area contributed by atoms with Gasteiger partial charge in [0.05, 0.1) is 12.8 Å². The van der Waals surface area contributed by atoms with E-state index in [4.69, 9.17) is 16.0 Å². The van der Waals surface area contributed by atoms with Gasteiger partial charge in [-0.05, 0) is 12.1 Å². The monoisotopic (exact) mass is 159 g/mol. The Hall–Kier alpha value is -0.470. The Labute approximate surface area is 65.2 Å². The van der Waals surface area contributed by atoms with Gasteiger partial charge in [-0.15, -0.1) is 11.6 Å². The van der Waals surface area contributed by atoms with Gasteiger partial charge in [-0.2, -0.15) is 0 Å². The third-order valence-corrected chi connectivity index (χ3v) is 1.34. The van der Waals surface area contributed by atoms with E-state index in [1.807, 2.05) is 12.1 Å². The van der Waals surface area contributed by atoms with E-state index in [2.05, 4.69) is 5.32 Å². The van der Waals surface area contributed by atoms with Gasteiger partial charge >= 0.3 is 0 Å². The second-order valence-electron chi connectivity index (χ2n) is 1.95. The zero-order valence-electron chi connectivity index (χ0n) is 5.64. The van der Waals surface area contributed by atoms with Gasteiger partial charge in [0.2, 0.25) is 0 Å². The Balaban J connectivity index is 2.15. The van der Waals surface area contributed by atoms with Crippen LogP contribution in [0.4, 0.5) is 0 Å². The maximum absolute atomic E-state index is 5.45. The van der Waals surface area contributed by atoms with E-state index in [-0.39, 0.29) is 0 Å². The minimum atomic E-state index is 0.640. The highest BCUT2D eigenvalue weighted by Gasteiger charge is 1.91. The summed E-state index contributed by atoms with van der Waals surface area (Å²) >= 11 is 5.45. The first-order chi connectivity index (χ1) is 4.93. The highest BCUT2D eigenvalue weighted by Crippen LogP contribution is 1.97. The highest BCUT2D eigenvalue weighted by molar-refractivity contribution is 6.18. The summed E-state index contributed by atoms with van der Waals surface area (Å²) in [5, 5.41) is 3.11. The van der Waals surface area contributed by atoms with E-state index in [0.29, 0.717) is 5.88 Å². The summed E-state index contributed by atoms with van der Waals surface area (Å²) in [6, 6.07) is 3.80. The van der Waals surface area contributed by atoms with Crippen molar-refractivity contribution in [2.45, 2.75) is 6.54 Å². The Kier molecular flexibility index (Phi) is 3.33. The molecule has 1 N–H and O–H groups in total. The maximum Gasteiger partial charge on any atom is 0.117 e. The fourth-order valence-electron chi connectivity index (χ4n) is 0.692. The predicted octanol–water partition coefficient (Wildman–Crippen LogP) is 1.61. The molecule has 0 amide bonds. The van der Waals surface area contributed by atoms with Crippen LogP contribution in [0.25, 0.3) is 0 Å². The van der Waals surface area contributed by atoms with Crippen molar-refractivity contribution >= 4 is 11.6 Å². The largest absolute Gasteiger partial charge is 0.468 e. The molecule has 0 atom stereocenters. The molecule has 0 saturated carbocycles. The molecule has 1 aromatic rings. The molecule has 0 aliphatic rings. The fraction of sp³-hybridized carbons (Fsp3) is 0.429. The van der Waals surface area contributed by atoms with Crippen LogP contribution in [0.5, 0.6) is 0 Å². The first-order valence-corrected chi connectivity index (χ1v) is 3.76. The molecule has 0 radical (unpaired) electrons. The van der Waals surface area contributed by atoms with E-state index in [1.54, 1.807) is 6.26 Å². The fourth-order valence-corrected chi connectivity index (χ4v) is 0.825. The smallest absolute Gasteiger partial charge is 0.117 e. The topological polar surface area (TPSA) is 25.2 Å². The van der Waals surface area contributed by atoms with Crippen LogP contribution in [-0.2, 0) is 6.54 Å². The Morgan fingerprint density at radius 1 is 1.60 bits per heavy atom. The molecule has 1 rings (SSSR count). The van der Waals surface area contributed by atoms with E-state index in [1.165, 1.54) is 0 Å². The molecule has 3 heteroatoms. The van der Waals surface area contributed by atoms with Gasteiger partial charge in [0, 0.05) is 12.4 Å². The first kappa shape index (κ1) is 7.63. The van der Waals surface area contributed by atoms with Crippen molar-refractivity contribution in [2.75, 3.05) is 12.4 Å². The quantitative estimate of drug-likeness (QED) is 0.534. The molecular weight excluding hydrogens is 150 g/mol. The third kappa shape index (κ3) is 2.42.